The normalized spacial score (nSPS) is 17.9. The van der Waals surface area contributed by atoms with Gasteiger partial charge >= 0.3 is 0 Å². The number of hydrogen-bond donors (Lipinski definition) is 3. The second-order valence-electron chi connectivity index (χ2n) is 5.26. The molecule has 3 N–H and O–H groups in total. The Labute approximate surface area is 125 Å². The van der Waals surface area contributed by atoms with E-state index in [9.17, 15) is 9.90 Å². The van der Waals surface area contributed by atoms with Crippen LogP contribution in [0, 0.1) is 0 Å². The lowest BCUT2D eigenvalue weighted by Crippen LogP contribution is -2.39. The minimum atomic E-state index is -0.697. The van der Waals surface area contributed by atoms with Crippen molar-refractivity contribution in [2.24, 2.45) is 0 Å². The molecule has 0 bridgehead atoms. The fourth-order valence-electron chi connectivity index (χ4n) is 2.49. The topological polar surface area (TPSA) is 87.4 Å². The summed E-state index contributed by atoms with van der Waals surface area (Å²) in [5.74, 6) is 0. The van der Waals surface area contributed by atoms with Gasteiger partial charge in [-0.25, -0.2) is 4.68 Å². The lowest BCUT2D eigenvalue weighted by atomic mass is 9.85. The van der Waals surface area contributed by atoms with Crippen molar-refractivity contribution < 1.29 is 10.2 Å². The quantitative estimate of drug-likeness (QED) is 0.743. The Morgan fingerprint density at radius 3 is 2.75 bits per heavy atom. The molecular formula is C13H20BrN3O3. The fourth-order valence-corrected chi connectivity index (χ4v) is 2.94. The number of aromatic nitrogens is 2. The van der Waals surface area contributed by atoms with E-state index in [-0.39, 0.29) is 18.7 Å². The Kier molecular flexibility index (Phi) is 5.17. The summed E-state index contributed by atoms with van der Waals surface area (Å²) in [6.45, 7) is 0.449. The van der Waals surface area contributed by atoms with Gasteiger partial charge < -0.3 is 15.5 Å². The summed E-state index contributed by atoms with van der Waals surface area (Å²) >= 11 is 3.24. The average molecular weight is 346 g/mol. The smallest absolute Gasteiger partial charge is 0.283 e. The van der Waals surface area contributed by atoms with Gasteiger partial charge in [-0.15, -0.1) is 0 Å². The molecule has 2 rings (SSSR count). The first-order valence-corrected chi connectivity index (χ1v) is 7.68. The van der Waals surface area contributed by atoms with E-state index in [4.69, 9.17) is 5.11 Å². The summed E-state index contributed by atoms with van der Waals surface area (Å²) in [6, 6.07) is 0. The third kappa shape index (κ3) is 3.59. The van der Waals surface area contributed by atoms with Crippen LogP contribution in [0.2, 0.25) is 0 Å². The van der Waals surface area contributed by atoms with E-state index in [0.717, 1.165) is 25.7 Å². The standard InChI is InChI=1S/C13H20BrN3O3/c14-11-10(8-16-17(6-7-18)12(11)19)15-9-13(20)4-2-1-3-5-13/h8,15,18,20H,1-7,9H2. The van der Waals surface area contributed by atoms with E-state index in [2.05, 4.69) is 26.3 Å². The van der Waals surface area contributed by atoms with Crippen molar-refractivity contribution in [3.63, 3.8) is 0 Å². The second-order valence-corrected chi connectivity index (χ2v) is 6.06. The van der Waals surface area contributed by atoms with Gasteiger partial charge in [-0.05, 0) is 28.8 Å². The highest BCUT2D eigenvalue weighted by Gasteiger charge is 2.29. The molecule has 1 aromatic rings. The van der Waals surface area contributed by atoms with Crippen molar-refractivity contribution in [1.29, 1.82) is 0 Å². The number of anilines is 1. The molecule has 0 radical (unpaired) electrons. The number of aliphatic hydroxyl groups excluding tert-OH is 1. The minimum absolute atomic E-state index is 0.133. The third-order valence-electron chi connectivity index (χ3n) is 3.69. The fraction of sp³-hybridized carbons (Fsp3) is 0.692. The summed E-state index contributed by atoms with van der Waals surface area (Å²) in [6.07, 6.45) is 6.35. The van der Waals surface area contributed by atoms with Crippen LogP contribution in [0.4, 0.5) is 5.69 Å². The van der Waals surface area contributed by atoms with Crippen LogP contribution in [-0.4, -0.2) is 38.7 Å². The highest BCUT2D eigenvalue weighted by Crippen LogP contribution is 2.28. The molecule has 1 saturated carbocycles. The van der Waals surface area contributed by atoms with Crippen LogP contribution < -0.4 is 10.9 Å². The monoisotopic (exact) mass is 345 g/mol. The number of rotatable bonds is 5. The Morgan fingerprint density at radius 1 is 1.40 bits per heavy atom. The largest absolute Gasteiger partial charge is 0.394 e. The van der Waals surface area contributed by atoms with Gasteiger partial charge in [0.25, 0.3) is 5.56 Å². The highest BCUT2D eigenvalue weighted by atomic mass is 79.9. The van der Waals surface area contributed by atoms with Gasteiger partial charge in [0, 0.05) is 6.54 Å². The minimum Gasteiger partial charge on any atom is -0.394 e. The summed E-state index contributed by atoms with van der Waals surface area (Å²) < 4.78 is 1.57. The zero-order valence-corrected chi connectivity index (χ0v) is 12.9. The molecule has 1 aromatic heterocycles. The second kappa shape index (κ2) is 6.69. The molecule has 6 nitrogen and oxygen atoms in total. The third-order valence-corrected chi connectivity index (χ3v) is 4.46. The molecule has 0 aromatic carbocycles. The van der Waals surface area contributed by atoms with Gasteiger partial charge in [0.15, 0.2) is 0 Å². The van der Waals surface area contributed by atoms with Crippen molar-refractivity contribution in [2.75, 3.05) is 18.5 Å². The molecule has 0 aliphatic heterocycles. The average Bonchev–Trinajstić information content (AvgIpc) is 2.44. The van der Waals surface area contributed by atoms with Gasteiger partial charge in [0.1, 0.15) is 4.47 Å². The maximum absolute atomic E-state index is 12.0. The molecule has 0 saturated heterocycles. The van der Waals surface area contributed by atoms with Crippen LogP contribution >= 0.6 is 15.9 Å². The van der Waals surface area contributed by atoms with E-state index in [1.165, 1.54) is 17.3 Å². The first kappa shape index (κ1) is 15.5. The Bertz CT molecular complexity index is 512. The molecular weight excluding hydrogens is 326 g/mol. The van der Waals surface area contributed by atoms with Crippen LogP contribution in [0.1, 0.15) is 32.1 Å². The molecule has 112 valence electrons. The molecule has 0 spiro atoms. The predicted molar refractivity (Wildman–Crippen MR) is 79.8 cm³/mol. The van der Waals surface area contributed by atoms with Gasteiger partial charge in [-0.1, -0.05) is 19.3 Å². The Morgan fingerprint density at radius 2 is 2.10 bits per heavy atom. The lowest BCUT2D eigenvalue weighted by molar-refractivity contribution is 0.0167. The van der Waals surface area contributed by atoms with Crippen molar-refractivity contribution in [3.05, 3.63) is 21.0 Å². The highest BCUT2D eigenvalue weighted by molar-refractivity contribution is 9.10. The molecule has 0 amide bonds. The predicted octanol–water partition coefficient (Wildman–Crippen LogP) is 1.11. The Hall–Kier alpha value is -0.920. The van der Waals surface area contributed by atoms with E-state index >= 15 is 0 Å². The van der Waals surface area contributed by atoms with Crippen molar-refractivity contribution in [1.82, 2.24) is 9.78 Å². The first-order valence-electron chi connectivity index (χ1n) is 6.88. The molecule has 0 unspecified atom stereocenters. The SMILES string of the molecule is O=c1c(Br)c(NCC2(O)CCCCC2)cnn1CCO. The molecule has 0 atom stereocenters. The van der Waals surface area contributed by atoms with Gasteiger partial charge in [0.2, 0.25) is 0 Å². The molecule has 7 heteroatoms. The molecule has 1 aliphatic carbocycles. The summed E-state index contributed by atoms with van der Waals surface area (Å²) in [7, 11) is 0. The molecule has 20 heavy (non-hydrogen) atoms. The molecule has 1 heterocycles. The van der Waals surface area contributed by atoms with Gasteiger partial charge in [-0.2, -0.15) is 5.10 Å². The van der Waals surface area contributed by atoms with Crippen molar-refractivity contribution in [3.8, 4) is 0 Å². The molecule has 1 aliphatic rings. The lowest BCUT2D eigenvalue weighted by Gasteiger charge is -2.32. The number of nitrogens with zero attached hydrogens (tertiary/aromatic N) is 2. The zero-order chi connectivity index (χ0) is 14.6. The Balaban J connectivity index is 2.06. The maximum atomic E-state index is 12.0. The summed E-state index contributed by atoms with van der Waals surface area (Å²) in [5.41, 5.74) is -0.416. The summed E-state index contributed by atoms with van der Waals surface area (Å²) in [4.78, 5) is 12.0. The van der Waals surface area contributed by atoms with Crippen LogP contribution in [0.15, 0.2) is 15.5 Å². The number of aliphatic hydroxyl groups is 2. The van der Waals surface area contributed by atoms with E-state index in [1.807, 2.05) is 0 Å². The van der Waals surface area contributed by atoms with Crippen LogP contribution in [0.3, 0.4) is 0 Å². The van der Waals surface area contributed by atoms with Crippen molar-refractivity contribution in [2.45, 2.75) is 44.2 Å². The van der Waals surface area contributed by atoms with Gasteiger partial charge in [0.05, 0.1) is 30.6 Å². The van der Waals surface area contributed by atoms with E-state index in [0.29, 0.717) is 16.7 Å². The zero-order valence-electron chi connectivity index (χ0n) is 11.3. The van der Waals surface area contributed by atoms with Crippen LogP contribution in [0.25, 0.3) is 0 Å². The maximum Gasteiger partial charge on any atom is 0.283 e. The number of hydrogen-bond acceptors (Lipinski definition) is 5. The van der Waals surface area contributed by atoms with E-state index in [1.54, 1.807) is 0 Å². The molecule has 1 fully saturated rings. The van der Waals surface area contributed by atoms with Crippen LogP contribution in [-0.2, 0) is 6.54 Å². The van der Waals surface area contributed by atoms with Gasteiger partial charge in [-0.3, -0.25) is 4.79 Å². The number of halogens is 1. The van der Waals surface area contributed by atoms with E-state index < -0.39 is 5.60 Å². The van der Waals surface area contributed by atoms with Crippen LogP contribution in [0.5, 0.6) is 0 Å². The first-order chi connectivity index (χ1) is 9.56. The van der Waals surface area contributed by atoms with Crippen molar-refractivity contribution >= 4 is 21.6 Å². The summed E-state index contributed by atoms with van der Waals surface area (Å²) in [5, 5.41) is 26.3. The number of nitrogens with one attached hydrogen (secondary N) is 1.